The number of aliphatic hydroxyl groups excluding tert-OH is 1. The van der Waals surface area contributed by atoms with Crippen molar-refractivity contribution >= 4 is 28.1 Å². The van der Waals surface area contributed by atoms with E-state index in [4.69, 9.17) is 9.97 Å². The van der Waals surface area contributed by atoms with Crippen LogP contribution < -0.4 is 9.80 Å². The molecule has 2 aromatic heterocycles. The predicted molar refractivity (Wildman–Crippen MR) is 135 cm³/mol. The van der Waals surface area contributed by atoms with Gasteiger partial charge in [-0.15, -0.1) is 0 Å². The van der Waals surface area contributed by atoms with Crippen LogP contribution in [-0.4, -0.2) is 66.8 Å². The smallest absolute Gasteiger partial charge is 0.227 e. The number of hydrogen-bond donors (Lipinski definition) is 1. The van der Waals surface area contributed by atoms with Crippen LogP contribution >= 0.6 is 0 Å². The fourth-order valence-electron chi connectivity index (χ4n) is 6.47. The van der Waals surface area contributed by atoms with E-state index in [1.165, 1.54) is 30.4 Å². The Balaban J connectivity index is 1.18. The highest BCUT2D eigenvalue weighted by molar-refractivity contribution is 7.85. The SMILES string of the molecule is O=S1CCc2nc(N3CC=C(c4ncc(C5CC5)cn4)CC3)nc(N3CCC(CO)C34CCC4)c21. The molecule has 2 aliphatic carbocycles. The van der Waals surface area contributed by atoms with Crippen LogP contribution in [0.15, 0.2) is 23.4 Å². The molecule has 0 aromatic carbocycles. The molecule has 0 radical (unpaired) electrons. The Morgan fingerprint density at radius 1 is 1.09 bits per heavy atom. The third kappa shape index (κ3) is 3.53. The summed E-state index contributed by atoms with van der Waals surface area (Å²) in [6.45, 7) is 2.60. The quantitative estimate of drug-likeness (QED) is 0.681. The minimum Gasteiger partial charge on any atom is -0.396 e. The van der Waals surface area contributed by atoms with E-state index in [2.05, 4.69) is 25.8 Å². The van der Waals surface area contributed by atoms with E-state index >= 15 is 0 Å². The van der Waals surface area contributed by atoms with E-state index < -0.39 is 10.8 Å². The molecule has 3 fully saturated rings. The monoisotopic (exact) mass is 492 g/mol. The zero-order chi connectivity index (χ0) is 23.6. The number of rotatable bonds is 5. The molecule has 1 saturated heterocycles. The Bertz CT molecular complexity index is 1210. The second-order valence-electron chi connectivity index (χ2n) is 10.7. The van der Waals surface area contributed by atoms with Gasteiger partial charge in [-0.25, -0.2) is 15.0 Å². The van der Waals surface area contributed by atoms with Crippen molar-refractivity contribution in [2.24, 2.45) is 5.92 Å². The van der Waals surface area contributed by atoms with Gasteiger partial charge in [0.1, 0.15) is 4.90 Å². The first-order chi connectivity index (χ1) is 17.2. The molecule has 8 nitrogen and oxygen atoms in total. The molecular weight excluding hydrogens is 460 g/mol. The van der Waals surface area contributed by atoms with Crippen LogP contribution in [0.3, 0.4) is 0 Å². The van der Waals surface area contributed by atoms with Crippen molar-refractivity contribution in [2.75, 3.05) is 41.8 Å². The van der Waals surface area contributed by atoms with Gasteiger partial charge >= 0.3 is 0 Å². The molecule has 9 heteroatoms. The lowest BCUT2D eigenvalue weighted by Crippen LogP contribution is -2.55. The molecule has 2 saturated carbocycles. The lowest BCUT2D eigenvalue weighted by atomic mass is 9.69. The average molecular weight is 493 g/mol. The summed E-state index contributed by atoms with van der Waals surface area (Å²) in [5.41, 5.74) is 3.36. The minimum absolute atomic E-state index is 0.0279. The summed E-state index contributed by atoms with van der Waals surface area (Å²) in [6, 6.07) is 0. The summed E-state index contributed by atoms with van der Waals surface area (Å²) in [7, 11) is -1.05. The molecule has 2 aromatic rings. The normalized spacial score (nSPS) is 27.2. The molecule has 2 unspecified atom stereocenters. The second-order valence-corrected chi connectivity index (χ2v) is 12.2. The van der Waals surface area contributed by atoms with E-state index in [0.717, 1.165) is 79.9 Å². The minimum atomic E-state index is -1.05. The number of hydrogen-bond acceptors (Lipinski definition) is 8. The van der Waals surface area contributed by atoms with Crippen LogP contribution in [0.5, 0.6) is 0 Å². The van der Waals surface area contributed by atoms with Crippen molar-refractivity contribution in [3.05, 3.63) is 35.6 Å². The van der Waals surface area contributed by atoms with Gasteiger partial charge in [-0.2, -0.15) is 4.98 Å². The van der Waals surface area contributed by atoms with Gasteiger partial charge in [0.15, 0.2) is 11.6 Å². The summed E-state index contributed by atoms with van der Waals surface area (Å²) >= 11 is 0. The zero-order valence-electron chi connectivity index (χ0n) is 20.0. The Labute approximate surface area is 208 Å². The molecule has 3 aliphatic heterocycles. The summed E-state index contributed by atoms with van der Waals surface area (Å²) in [6.07, 6.45) is 14.6. The summed E-state index contributed by atoms with van der Waals surface area (Å²) in [5.74, 6) is 4.00. The van der Waals surface area contributed by atoms with Crippen molar-refractivity contribution in [3.8, 4) is 0 Å². The average Bonchev–Trinajstić information content (AvgIpc) is 3.55. The van der Waals surface area contributed by atoms with Crippen LogP contribution in [0, 0.1) is 5.92 Å². The molecule has 35 heavy (non-hydrogen) atoms. The Morgan fingerprint density at radius 2 is 1.91 bits per heavy atom. The van der Waals surface area contributed by atoms with Crippen LogP contribution in [0.1, 0.15) is 67.9 Å². The van der Waals surface area contributed by atoms with Crippen molar-refractivity contribution in [1.29, 1.82) is 0 Å². The predicted octanol–water partition coefficient (Wildman–Crippen LogP) is 2.84. The van der Waals surface area contributed by atoms with Gasteiger partial charge in [0.25, 0.3) is 0 Å². The van der Waals surface area contributed by atoms with Gasteiger partial charge in [-0.3, -0.25) is 4.21 Å². The highest BCUT2D eigenvalue weighted by Gasteiger charge is 2.53. The van der Waals surface area contributed by atoms with E-state index in [1.807, 2.05) is 12.4 Å². The highest BCUT2D eigenvalue weighted by Crippen LogP contribution is 2.52. The van der Waals surface area contributed by atoms with Crippen molar-refractivity contribution in [1.82, 2.24) is 19.9 Å². The number of nitrogens with zero attached hydrogens (tertiary/aromatic N) is 6. The van der Waals surface area contributed by atoms with Gasteiger partial charge in [-0.1, -0.05) is 6.08 Å². The van der Waals surface area contributed by atoms with Gasteiger partial charge < -0.3 is 14.9 Å². The molecule has 184 valence electrons. The topological polar surface area (TPSA) is 95.3 Å². The van der Waals surface area contributed by atoms with Gasteiger partial charge in [-0.05, 0) is 62.0 Å². The van der Waals surface area contributed by atoms with Crippen molar-refractivity contribution < 1.29 is 9.32 Å². The van der Waals surface area contributed by atoms with Crippen LogP contribution in [-0.2, 0) is 17.2 Å². The molecule has 0 amide bonds. The number of anilines is 2. The maximum atomic E-state index is 13.0. The summed E-state index contributed by atoms with van der Waals surface area (Å²) in [5, 5.41) is 10.1. The lowest BCUT2D eigenvalue weighted by molar-refractivity contribution is 0.114. The number of fused-ring (bicyclic) bond motifs is 1. The molecule has 0 bridgehead atoms. The molecule has 2 atom stereocenters. The fraction of sp³-hybridized carbons (Fsp3) is 0.615. The van der Waals surface area contributed by atoms with Gasteiger partial charge in [0.2, 0.25) is 5.95 Å². The third-order valence-corrected chi connectivity index (χ3v) is 10.3. The molecule has 1 N–H and O–H groups in total. The standard InChI is InChI=1S/C26H32N6O2S/c33-16-20-6-12-32(26(20)8-1-9-26)24-22-21(7-13-35(22)34)29-25(30-24)31-10-4-18(5-11-31)23-27-14-19(15-28-23)17-2-3-17/h4,14-15,17,20,33H,1-3,5-13,16H2. The maximum Gasteiger partial charge on any atom is 0.227 e. The number of aryl methyl sites for hydroxylation is 1. The largest absolute Gasteiger partial charge is 0.396 e. The molecule has 5 aliphatic rings. The van der Waals surface area contributed by atoms with Crippen molar-refractivity contribution in [2.45, 2.75) is 67.7 Å². The van der Waals surface area contributed by atoms with Gasteiger partial charge in [0, 0.05) is 62.3 Å². The first kappa shape index (κ1) is 21.9. The van der Waals surface area contributed by atoms with E-state index in [-0.39, 0.29) is 18.1 Å². The third-order valence-electron chi connectivity index (χ3n) is 8.85. The first-order valence-electron chi connectivity index (χ1n) is 13.1. The van der Waals surface area contributed by atoms with Crippen LogP contribution in [0.2, 0.25) is 0 Å². The molecular formula is C26H32N6O2S. The first-order valence-corrected chi connectivity index (χ1v) is 14.4. The van der Waals surface area contributed by atoms with E-state index in [9.17, 15) is 9.32 Å². The fourth-order valence-corrected chi connectivity index (χ4v) is 7.82. The Hall–Kier alpha value is -2.39. The summed E-state index contributed by atoms with van der Waals surface area (Å²) in [4.78, 5) is 24.7. The van der Waals surface area contributed by atoms with Crippen molar-refractivity contribution in [3.63, 3.8) is 0 Å². The molecule has 1 spiro atoms. The van der Waals surface area contributed by atoms with E-state index in [1.54, 1.807) is 0 Å². The van der Waals surface area contributed by atoms with Gasteiger partial charge in [0.05, 0.1) is 16.5 Å². The maximum absolute atomic E-state index is 13.0. The molecule has 7 rings (SSSR count). The molecule has 5 heterocycles. The second kappa shape index (κ2) is 8.34. The Kier molecular flexibility index (Phi) is 5.21. The highest BCUT2D eigenvalue weighted by atomic mass is 32.2. The zero-order valence-corrected chi connectivity index (χ0v) is 20.8. The van der Waals surface area contributed by atoms with E-state index in [0.29, 0.717) is 11.7 Å². The lowest BCUT2D eigenvalue weighted by Gasteiger charge is -2.50. The van der Waals surface area contributed by atoms with Crippen LogP contribution in [0.25, 0.3) is 5.57 Å². The van der Waals surface area contributed by atoms with Crippen LogP contribution in [0.4, 0.5) is 11.8 Å². The number of aromatic nitrogens is 4. The Morgan fingerprint density at radius 3 is 2.57 bits per heavy atom. The number of aliphatic hydroxyl groups is 1. The summed E-state index contributed by atoms with van der Waals surface area (Å²) < 4.78 is 13.0.